The van der Waals surface area contributed by atoms with E-state index >= 15 is 0 Å². The number of benzene rings is 1. The van der Waals surface area contributed by atoms with E-state index in [1.165, 1.54) is 0 Å². The van der Waals surface area contributed by atoms with Crippen molar-refractivity contribution in [3.63, 3.8) is 0 Å². The summed E-state index contributed by atoms with van der Waals surface area (Å²) in [5, 5.41) is 0. The Morgan fingerprint density at radius 1 is 1.46 bits per heavy atom. The van der Waals surface area contributed by atoms with Crippen LogP contribution in [-0.4, -0.2) is 12.1 Å². The molecule has 66 valence electrons. The van der Waals surface area contributed by atoms with Gasteiger partial charge in [-0.1, -0.05) is 18.2 Å². The van der Waals surface area contributed by atoms with E-state index in [1.54, 1.807) is 6.21 Å². The number of amides is 1. The highest BCUT2D eigenvalue weighted by molar-refractivity contribution is 5.89. The Morgan fingerprint density at radius 2 is 2.23 bits per heavy atom. The molecule has 0 saturated carbocycles. The van der Waals surface area contributed by atoms with Crippen molar-refractivity contribution in [1.82, 2.24) is 0 Å². The maximum absolute atomic E-state index is 11.1. The smallest absolute Gasteiger partial charge is 0.225 e. The molecular formula is C10H10N2O. The molecule has 1 aliphatic rings. The number of carbonyl (C=O) groups excluding carboxylic acids is 1. The van der Waals surface area contributed by atoms with Crippen LogP contribution in [0.2, 0.25) is 0 Å². The fourth-order valence-corrected chi connectivity index (χ4v) is 1.55. The molecule has 1 aromatic carbocycles. The minimum atomic E-state index is -0.279. The summed E-state index contributed by atoms with van der Waals surface area (Å²) < 4.78 is 0. The highest BCUT2D eigenvalue weighted by Gasteiger charge is 2.21. The standard InChI is InChI=1S/C10H10N2O/c11-10(13)8-5-6-12-9-4-2-1-3-7(8)9/h1-4,6,8H,5H2,(H2,11,13). The second-order valence-corrected chi connectivity index (χ2v) is 3.06. The van der Waals surface area contributed by atoms with Crippen molar-refractivity contribution in [3.05, 3.63) is 29.8 Å². The molecule has 0 radical (unpaired) electrons. The third-order valence-electron chi connectivity index (χ3n) is 2.23. The second kappa shape index (κ2) is 3.01. The van der Waals surface area contributed by atoms with Crippen molar-refractivity contribution in [3.8, 4) is 0 Å². The van der Waals surface area contributed by atoms with Crippen LogP contribution in [0.25, 0.3) is 0 Å². The van der Waals surface area contributed by atoms with Crippen LogP contribution in [0.5, 0.6) is 0 Å². The average molecular weight is 174 g/mol. The van der Waals surface area contributed by atoms with Gasteiger partial charge >= 0.3 is 0 Å². The molecule has 3 heteroatoms. The Bertz CT molecular complexity index is 371. The predicted molar refractivity (Wildman–Crippen MR) is 51.1 cm³/mol. The number of nitrogens with two attached hydrogens (primary N) is 1. The van der Waals surface area contributed by atoms with Crippen molar-refractivity contribution in [2.24, 2.45) is 10.7 Å². The number of carbonyl (C=O) groups is 1. The van der Waals surface area contributed by atoms with Crippen molar-refractivity contribution in [1.29, 1.82) is 0 Å². The molecule has 13 heavy (non-hydrogen) atoms. The van der Waals surface area contributed by atoms with Gasteiger partial charge in [0.15, 0.2) is 0 Å². The molecule has 0 fully saturated rings. The number of hydrogen-bond acceptors (Lipinski definition) is 2. The first kappa shape index (κ1) is 7.98. The molecule has 0 spiro atoms. The molecule has 1 aromatic rings. The van der Waals surface area contributed by atoms with Gasteiger partial charge in [-0.2, -0.15) is 0 Å². The number of primary amides is 1. The fourth-order valence-electron chi connectivity index (χ4n) is 1.55. The van der Waals surface area contributed by atoms with Crippen LogP contribution in [0, 0.1) is 0 Å². The summed E-state index contributed by atoms with van der Waals surface area (Å²) in [6, 6.07) is 7.59. The zero-order chi connectivity index (χ0) is 9.26. The van der Waals surface area contributed by atoms with Gasteiger partial charge in [0.05, 0.1) is 11.6 Å². The number of nitrogens with zero attached hydrogens (tertiary/aromatic N) is 1. The monoisotopic (exact) mass is 174 g/mol. The first-order chi connectivity index (χ1) is 6.29. The fraction of sp³-hybridized carbons (Fsp3) is 0.200. The maximum atomic E-state index is 11.1. The number of rotatable bonds is 1. The molecule has 0 aliphatic carbocycles. The molecule has 2 N–H and O–H groups in total. The van der Waals surface area contributed by atoms with Gasteiger partial charge in [0, 0.05) is 6.21 Å². The lowest BCUT2D eigenvalue weighted by atomic mass is 9.92. The van der Waals surface area contributed by atoms with Crippen molar-refractivity contribution in [2.45, 2.75) is 12.3 Å². The van der Waals surface area contributed by atoms with Gasteiger partial charge < -0.3 is 5.73 Å². The molecule has 1 heterocycles. The quantitative estimate of drug-likeness (QED) is 0.686. The number of para-hydroxylation sites is 1. The van der Waals surface area contributed by atoms with Gasteiger partial charge in [0.25, 0.3) is 0 Å². The van der Waals surface area contributed by atoms with E-state index in [4.69, 9.17) is 5.73 Å². The van der Waals surface area contributed by atoms with Crippen LogP contribution in [0.3, 0.4) is 0 Å². The predicted octanol–water partition coefficient (Wildman–Crippen LogP) is 1.36. The molecule has 0 bridgehead atoms. The van der Waals surface area contributed by atoms with Gasteiger partial charge in [-0.15, -0.1) is 0 Å². The summed E-state index contributed by atoms with van der Waals surface area (Å²) >= 11 is 0. The van der Waals surface area contributed by atoms with Crippen LogP contribution < -0.4 is 5.73 Å². The molecule has 1 unspecified atom stereocenters. The van der Waals surface area contributed by atoms with E-state index < -0.39 is 0 Å². The largest absolute Gasteiger partial charge is 0.369 e. The summed E-state index contributed by atoms with van der Waals surface area (Å²) in [5.74, 6) is -0.479. The molecule has 0 aromatic heterocycles. The molecule has 1 atom stereocenters. The van der Waals surface area contributed by atoms with Crippen LogP contribution in [0.1, 0.15) is 17.9 Å². The average Bonchev–Trinajstić information content (AvgIpc) is 2.17. The number of aliphatic imine (C=N–C) groups is 1. The molecule has 3 nitrogen and oxygen atoms in total. The Hall–Kier alpha value is -1.64. The summed E-state index contributed by atoms with van der Waals surface area (Å²) in [7, 11) is 0. The van der Waals surface area contributed by atoms with Crippen molar-refractivity contribution >= 4 is 17.8 Å². The molecule has 0 saturated heterocycles. The molecule has 1 amide bonds. The normalized spacial score (nSPS) is 19.5. The minimum Gasteiger partial charge on any atom is -0.369 e. The maximum Gasteiger partial charge on any atom is 0.225 e. The van der Waals surface area contributed by atoms with Gasteiger partial charge in [0.1, 0.15) is 0 Å². The van der Waals surface area contributed by atoms with E-state index in [0.717, 1.165) is 11.3 Å². The lowest BCUT2D eigenvalue weighted by Gasteiger charge is -2.17. The zero-order valence-corrected chi connectivity index (χ0v) is 7.10. The SMILES string of the molecule is NC(=O)C1CC=Nc2ccccc21. The topological polar surface area (TPSA) is 55.5 Å². The third kappa shape index (κ3) is 1.33. The number of fused-ring (bicyclic) bond motifs is 1. The Kier molecular flexibility index (Phi) is 1.85. The van der Waals surface area contributed by atoms with Gasteiger partial charge in [-0.25, -0.2) is 0 Å². The highest BCUT2D eigenvalue weighted by Crippen LogP contribution is 2.31. The second-order valence-electron chi connectivity index (χ2n) is 3.06. The first-order valence-electron chi connectivity index (χ1n) is 4.20. The van der Waals surface area contributed by atoms with E-state index in [-0.39, 0.29) is 11.8 Å². The zero-order valence-electron chi connectivity index (χ0n) is 7.10. The van der Waals surface area contributed by atoms with E-state index in [0.29, 0.717) is 6.42 Å². The van der Waals surface area contributed by atoms with Gasteiger partial charge in [-0.3, -0.25) is 9.79 Å². The first-order valence-corrected chi connectivity index (χ1v) is 4.20. The number of hydrogen-bond donors (Lipinski definition) is 1. The Labute approximate surface area is 76.3 Å². The van der Waals surface area contributed by atoms with Crippen LogP contribution >= 0.6 is 0 Å². The summed E-state index contributed by atoms with van der Waals surface area (Å²) in [6.45, 7) is 0. The van der Waals surface area contributed by atoms with E-state index in [1.807, 2.05) is 24.3 Å². The van der Waals surface area contributed by atoms with Crippen molar-refractivity contribution in [2.75, 3.05) is 0 Å². The lowest BCUT2D eigenvalue weighted by molar-refractivity contribution is -0.119. The van der Waals surface area contributed by atoms with E-state index in [9.17, 15) is 4.79 Å². The highest BCUT2D eigenvalue weighted by atomic mass is 16.1. The molecular weight excluding hydrogens is 164 g/mol. The van der Waals surface area contributed by atoms with Crippen molar-refractivity contribution < 1.29 is 4.79 Å². The van der Waals surface area contributed by atoms with Crippen LogP contribution in [0.4, 0.5) is 5.69 Å². The Morgan fingerprint density at radius 3 is 3.00 bits per heavy atom. The Balaban J connectivity index is 2.49. The third-order valence-corrected chi connectivity index (χ3v) is 2.23. The van der Waals surface area contributed by atoms with Crippen LogP contribution in [-0.2, 0) is 4.79 Å². The van der Waals surface area contributed by atoms with Gasteiger partial charge in [0.2, 0.25) is 5.91 Å². The summed E-state index contributed by atoms with van der Waals surface area (Å²) in [5.41, 5.74) is 7.08. The summed E-state index contributed by atoms with van der Waals surface area (Å²) in [6.07, 6.45) is 2.37. The lowest BCUT2D eigenvalue weighted by Crippen LogP contribution is -2.23. The van der Waals surface area contributed by atoms with E-state index in [2.05, 4.69) is 4.99 Å². The van der Waals surface area contributed by atoms with Crippen LogP contribution in [0.15, 0.2) is 29.3 Å². The van der Waals surface area contributed by atoms with Gasteiger partial charge in [-0.05, 0) is 18.1 Å². The molecule has 1 aliphatic heterocycles. The summed E-state index contributed by atoms with van der Waals surface area (Å²) in [4.78, 5) is 15.3. The minimum absolute atomic E-state index is 0.200. The molecule has 2 rings (SSSR count).